The first-order chi connectivity index (χ1) is 7.27. The van der Waals surface area contributed by atoms with Crippen LogP contribution in [-0.2, 0) is 4.79 Å². The predicted octanol–water partition coefficient (Wildman–Crippen LogP) is 3.98. The third-order valence-electron chi connectivity index (χ3n) is 4.78. The Morgan fingerprint density at radius 2 is 1.88 bits per heavy atom. The summed E-state index contributed by atoms with van der Waals surface area (Å²) in [4.78, 5) is 11.9. The minimum absolute atomic E-state index is 0.123. The number of carbonyl (C=O) groups is 1. The van der Waals surface area contributed by atoms with Gasteiger partial charge in [0.15, 0.2) is 5.78 Å². The van der Waals surface area contributed by atoms with Crippen LogP contribution in [0.3, 0.4) is 0 Å². The Labute approximate surface area is 99.3 Å². The van der Waals surface area contributed by atoms with E-state index >= 15 is 0 Å². The molecule has 3 atom stereocenters. The van der Waals surface area contributed by atoms with Gasteiger partial charge in [0.05, 0.1) is 0 Å². The van der Waals surface area contributed by atoms with Crippen molar-refractivity contribution in [2.45, 2.75) is 53.4 Å². The van der Waals surface area contributed by atoms with Crippen LogP contribution >= 0.6 is 0 Å². The summed E-state index contributed by atoms with van der Waals surface area (Å²) in [5, 5.41) is 0. The average molecular weight is 220 g/mol. The minimum Gasteiger partial charge on any atom is -0.295 e. The molecular weight excluding hydrogens is 196 g/mol. The lowest BCUT2D eigenvalue weighted by Crippen LogP contribution is -2.39. The summed E-state index contributed by atoms with van der Waals surface area (Å²) in [7, 11) is 0. The molecule has 0 aromatic heterocycles. The molecule has 2 fully saturated rings. The summed E-state index contributed by atoms with van der Waals surface area (Å²) in [6, 6.07) is 0. The van der Waals surface area contributed by atoms with Crippen LogP contribution in [0.2, 0.25) is 0 Å². The molecule has 16 heavy (non-hydrogen) atoms. The van der Waals surface area contributed by atoms with E-state index in [0.29, 0.717) is 23.0 Å². The molecule has 0 amide bonds. The molecule has 0 heterocycles. The Balaban J connectivity index is 2.37. The van der Waals surface area contributed by atoms with Crippen LogP contribution in [0.25, 0.3) is 0 Å². The van der Waals surface area contributed by atoms with Gasteiger partial charge in [0.1, 0.15) is 0 Å². The summed E-state index contributed by atoms with van der Waals surface area (Å²) in [5.74, 6) is 1.53. The lowest BCUT2D eigenvalue weighted by atomic mass is 9.56. The van der Waals surface area contributed by atoms with Gasteiger partial charge in [0, 0.05) is 11.8 Å². The number of hydrogen-bond donors (Lipinski definition) is 0. The molecule has 0 aromatic rings. The lowest BCUT2D eigenvalue weighted by molar-refractivity contribution is -0.114. The second-order valence-electron chi connectivity index (χ2n) is 7.02. The van der Waals surface area contributed by atoms with Crippen LogP contribution in [0.4, 0.5) is 0 Å². The van der Waals surface area contributed by atoms with Crippen LogP contribution in [0.5, 0.6) is 0 Å². The SMILES string of the molecule is C=C1C(=O)C[C@@H](C)[C@]12C[C@@H](C)CC(C)(C)C2. The molecular formula is C15H24O. The third-order valence-corrected chi connectivity index (χ3v) is 4.78. The Morgan fingerprint density at radius 1 is 1.25 bits per heavy atom. The Hall–Kier alpha value is -0.590. The maximum Gasteiger partial charge on any atom is 0.159 e. The first-order valence-corrected chi connectivity index (χ1v) is 6.49. The van der Waals surface area contributed by atoms with Crippen molar-refractivity contribution in [1.82, 2.24) is 0 Å². The van der Waals surface area contributed by atoms with E-state index in [-0.39, 0.29) is 5.41 Å². The number of carbonyl (C=O) groups excluding carboxylic acids is 1. The van der Waals surface area contributed by atoms with Gasteiger partial charge >= 0.3 is 0 Å². The molecule has 0 saturated heterocycles. The zero-order valence-electron chi connectivity index (χ0n) is 11.1. The number of allylic oxidation sites excluding steroid dienone is 1. The molecule has 0 aromatic carbocycles. The van der Waals surface area contributed by atoms with E-state index in [1.54, 1.807) is 0 Å². The van der Waals surface area contributed by atoms with Crippen LogP contribution in [0.15, 0.2) is 12.2 Å². The molecule has 0 bridgehead atoms. The standard InChI is InChI=1S/C15H24O/c1-10-7-14(4,5)9-15(8-10)11(2)6-13(16)12(15)3/h10-11H,3,6-9H2,1-2,4-5H3/t10-,11+,15+/m0/s1. The number of ketones is 1. The molecule has 1 spiro atoms. The van der Waals surface area contributed by atoms with E-state index in [2.05, 4.69) is 34.3 Å². The number of Topliss-reactive ketones (excluding diaryl/α,β-unsaturated/α-hetero) is 1. The predicted molar refractivity (Wildman–Crippen MR) is 67.2 cm³/mol. The van der Waals surface area contributed by atoms with Gasteiger partial charge in [-0.2, -0.15) is 0 Å². The van der Waals surface area contributed by atoms with Gasteiger partial charge < -0.3 is 0 Å². The minimum atomic E-state index is 0.123. The first kappa shape index (κ1) is 11.9. The van der Waals surface area contributed by atoms with Gasteiger partial charge in [-0.15, -0.1) is 0 Å². The van der Waals surface area contributed by atoms with Crippen molar-refractivity contribution in [2.24, 2.45) is 22.7 Å². The normalized spacial score (nSPS) is 43.0. The summed E-state index contributed by atoms with van der Waals surface area (Å²) >= 11 is 0. The van der Waals surface area contributed by atoms with Gasteiger partial charge in [-0.3, -0.25) is 4.79 Å². The topological polar surface area (TPSA) is 17.1 Å². The molecule has 0 aliphatic heterocycles. The van der Waals surface area contributed by atoms with Crippen LogP contribution in [0, 0.1) is 22.7 Å². The van der Waals surface area contributed by atoms with Crippen molar-refractivity contribution in [3.63, 3.8) is 0 Å². The number of rotatable bonds is 0. The molecule has 2 rings (SSSR count). The smallest absolute Gasteiger partial charge is 0.159 e. The zero-order chi connectivity index (χ0) is 12.1. The van der Waals surface area contributed by atoms with Gasteiger partial charge in [-0.1, -0.05) is 34.3 Å². The largest absolute Gasteiger partial charge is 0.295 e. The highest BCUT2D eigenvalue weighted by Gasteiger charge is 2.53. The Kier molecular flexibility index (Phi) is 2.56. The fourth-order valence-corrected chi connectivity index (χ4v) is 4.41. The zero-order valence-corrected chi connectivity index (χ0v) is 11.1. The second kappa shape index (κ2) is 3.45. The third kappa shape index (κ3) is 1.65. The Morgan fingerprint density at radius 3 is 2.31 bits per heavy atom. The van der Waals surface area contributed by atoms with Gasteiger partial charge in [-0.25, -0.2) is 0 Å². The monoisotopic (exact) mass is 220 g/mol. The molecule has 2 aliphatic carbocycles. The molecule has 1 nitrogen and oxygen atoms in total. The Bertz CT molecular complexity index is 339. The van der Waals surface area contributed by atoms with Crippen LogP contribution in [0.1, 0.15) is 53.4 Å². The van der Waals surface area contributed by atoms with Crippen molar-refractivity contribution in [2.75, 3.05) is 0 Å². The van der Waals surface area contributed by atoms with E-state index in [1.807, 2.05) is 0 Å². The number of hydrogen-bond acceptors (Lipinski definition) is 1. The van der Waals surface area contributed by atoms with Crippen molar-refractivity contribution < 1.29 is 4.79 Å². The molecule has 2 aliphatic rings. The summed E-state index contributed by atoms with van der Waals surface area (Å²) in [6.07, 6.45) is 4.32. The lowest BCUT2D eigenvalue weighted by Gasteiger charge is -2.48. The highest BCUT2D eigenvalue weighted by molar-refractivity contribution is 5.99. The summed E-state index contributed by atoms with van der Waals surface area (Å²) in [5.41, 5.74) is 1.41. The first-order valence-electron chi connectivity index (χ1n) is 6.49. The average Bonchev–Trinajstić information content (AvgIpc) is 2.28. The van der Waals surface area contributed by atoms with Gasteiger partial charge in [-0.05, 0) is 42.1 Å². The van der Waals surface area contributed by atoms with E-state index < -0.39 is 0 Å². The van der Waals surface area contributed by atoms with Gasteiger partial charge in [0.25, 0.3) is 0 Å². The highest BCUT2D eigenvalue weighted by Crippen LogP contribution is 2.59. The van der Waals surface area contributed by atoms with Crippen molar-refractivity contribution in [3.8, 4) is 0 Å². The highest BCUT2D eigenvalue weighted by atomic mass is 16.1. The van der Waals surface area contributed by atoms with E-state index in [4.69, 9.17) is 0 Å². The van der Waals surface area contributed by atoms with E-state index in [9.17, 15) is 4.79 Å². The molecule has 2 saturated carbocycles. The summed E-state index contributed by atoms with van der Waals surface area (Å²) in [6.45, 7) is 13.4. The van der Waals surface area contributed by atoms with Crippen molar-refractivity contribution in [3.05, 3.63) is 12.2 Å². The maximum absolute atomic E-state index is 11.9. The molecule has 1 heteroatoms. The van der Waals surface area contributed by atoms with Crippen LogP contribution < -0.4 is 0 Å². The molecule has 0 radical (unpaired) electrons. The van der Waals surface area contributed by atoms with Crippen LogP contribution in [-0.4, -0.2) is 5.78 Å². The van der Waals surface area contributed by atoms with E-state index in [0.717, 1.165) is 18.4 Å². The molecule has 90 valence electrons. The summed E-state index contributed by atoms with van der Waals surface area (Å²) < 4.78 is 0. The fraction of sp³-hybridized carbons (Fsp3) is 0.800. The molecule has 0 N–H and O–H groups in total. The fourth-order valence-electron chi connectivity index (χ4n) is 4.41. The van der Waals surface area contributed by atoms with E-state index in [1.165, 1.54) is 12.8 Å². The quantitative estimate of drug-likeness (QED) is 0.564. The molecule has 0 unspecified atom stereocenters. The maximum atomic E-state index is 11.9. The van der Waals surface area contributed by atoms with Crippen molar-refractivity contribution in [1.29, 1.82) is 0 Å². The van der Waals surface area contributed by atoms with Gasteiger partial charge in [0.2, 0.25) is 0 Å². The van der Waals surface area contributed by atoms with Crippen molar-refractivity contribution >= 4 is 5.78 Å². The second-order valence-corrected chi connectivity index (χ2v) is 7.02.